The Bertz CT molecular complexity index is 346. The summed E-state index contributed by atoms with van der Waals surface area (Å²) >= 11 is 0. The minimum Gasteiger partial charge on any atom is -0.465 e. The average molecular weight is 237 g/mol. The van der Waals surface area contributed by atoms with Crippen molar-refractivity contribution in [3.05, 3.63) is 23.2 Å². The molecule has 0 bridgehead atoms. The molecule has 1 heterocycles. The summed E-state index contributed by atoms with van der Waals surface area (Å²) in [6.45, 7) is 2.72. The lowest BCUT2D eigenvalue weighted by molar-refractivity contribution is -0.217. The number of halogens is 3. The Morgan fingerprint density at radius 1 is 1.50 bits per heavy atom. The van der Waals surface area contributed by atoms with E-state index >= 15 is 0 Å². The van der Waals surface area contributed by atoms with Crippen LogP contribution in [-0.4, -0.2) is 12.3 Å². The van der Waals surface area contributed by atoms with E-state index < -0.39 is 12.3 Å². The SMILES string of the molecule is Cc1oc(CN)cc1COC(C)C(F)(F)F. The number of nitrogens with two attached hydrogens (primary N) is 1. The molecule has 0 saturated carbocycles. The first-order valence-electron chi connectivity index (χ1n) is 4.81. The normalized spacial score (nSPS) is 14.1. The third-order valence-corrected chi connectivity index (χ3v) is 2.22. The van der Waals surface area contributed by atoms with E-state index in [4.69, 9.17) is 14.9 Å². The van der Waals surface area contributed by atoms with Crippen LogP contribution in [0, 0.1) is 6.92 Å². The first kappa shape index (κ1) is 13.1. The molecule has 0 radical (unpaired) electrons. The Balaban J connectivity index is 2.57. The maximum atomic E-state index is 12.2. The lowest BCUT2D eigenvalue weighted by Gasteiger charge is -2.15. The topological polar surface area (TPSA) is 48.4 Å². The zero-order chi connectivity index (χ0) is 12.3. The van der Waals surface area contributed by atoms with Crippen molar-refractivity contribution < 1.29 is 22.3 Å². The molecular formula is C10H14F3NO2. The first-order valence-corrected chi connectivity index (χ1v) is 4.81. The maximum Gasteiger partial charge on any atom is 0.414 e. The molecule has 0 amide bonds. The number of hydrogen-bond acceptors (Lipinski definition) is 3. The fraction of sp³-hybridized carbons (Fsp3) is 0.600. The lowest BCUT2D eigenvalue weighted by Crippen LogP contribution is -2.28. The van der Waals surface area contributed by atoms with Gasteiger partial charge >= 0.3 is 6.18 Å². The quantitative estimate of drug-likeness (QED) is 0.875. The summed E-state index contributed by atoms with van der Waals surface area (Å²) in [6, 6.07) is 1.61. The largest absolute Gasteiger partial charge is 0.465 e. The van der Waals surface area contributed by atoms with E-state index in [1.54, 1.807) is 13.0 Å². The summed E-state index contributed by atoms with van der Waals surface area (Å²) < 4.78 is 46.4. The summed E-state index contributed by atoms with van der Waals surface area (Å²) in [6.07, 6.45) is -6.13. The van der Waals surface area contributed by atoms with Crippen molar-refractivity contribution in [2.24, 2.45) is 5.73 Å². The molecule has 1 unspecified atom stereocenters. The predicted octanol–water partition coefficient (Wildman–Crippen LogP) is 2.51. The van der Waals surface area contributed by atoms with Crippen molar-refractivity contribution in [1.82, 2.24) is 0 Å². The van der Waals surface area contributed by atoms with Crippen LogP contribution in [0.15, 0.2) is 10.5 Å². The van der Waals surface area contributed by atoms with Crippen LogP contribution in [0.1, 0.15) is 24.0 Å². The number of rotatable bonds is 4. The Morgan fingerprint density at radius 2 is 2.12 bits per heavy atom. The summed E-state index contributed by atoms with van der Waals surface area (Å²) in [5, 5.41) is 0. The van der Waals surface area contributed by atoms with Gasteiger partial charge in [0.05, 0.1) is 13.2 Å². The highest BCUT2D eigenvalue weighted by atomic mass is 19.4. The highest BCUT2D eigenvalue weighted by Gasteiger charge is 2.36. The minimum atomic E-state index is -4.34. The number of aryl methyl sites for hydroxylation is 1. The van der Waals surface area contributed by atoms with Gasteiger partial charge in [-0.2, -0.15) is 13.2 Å². The molecule has 1 rings (SSSR count). The van der Waals surface area contributed by atoms with Gasteiger partial charge in [0.15, 0.2) is 6.10 Å². The molecule has 0 aliphatic carbocycles. The molecule has 0 aliphatic rings. The summed E-state index contributed by atoms with van der Waals surface area (Å²) in [5.74, 6) is 1.07. The standard InChI is InChI=1S/C10H14F3NO2/c1-6-8(3-9(4-14)16-6)5-15-7(2)10(11,12)13/h3,7H,4-5,14H2,1-2H3. The molecule has 1 atom stereocenters. The molecule has 3 nitrogen and oxygen atoms in total. The van der Waals surface area contributed by atoms with Crippen molar-refractivity contribution in [3.63, 3.8) is 0 Å². The second kappa shape index (κ2) is 4.88. The zero-order valence-corrected chi connectivity index (χ0v) is 9.10. The van der Waals surface area contributed by atoms with Gasteiger partial charge in [0, 0.05) is 5.56 Å². The smallest absolute Gasteiger partial charge is 0.414 e. The fourth-order valence-electron chi connectivity index (χ4n) is 1.14. The van der Waals surface area contributed by atoms with Crippen LogP contribution in [0.25, 0.3) is 0 Å². The van der Waals surface area contributed by atoms with Gasteiger partial charge < -0.3 is 14.9 Å². The van der Waals surface area contributed by atoms with Crippen molar-refractivity contribution in [2.45, 2.75) is 39.3 Å². The first-order chi connectivity index (χ1) is 7.34. The van der Waals surface area contributed by atoms with Crippen molar-refractivity contribution in [3.8, 4) is 0 Å². The van der Waals surface area contributed by atoms with Gasteiger partial charge in [-0.15, -0.1) is 0 Å². The number of furan rings is 1. The van der Waals surface area contributed by atoms with Crippen molar-refractivity contribution in [1.29, 1.82) is 0 Å². The molecule has 0 spiro atoms. The molecular weight excluding hydrogens is 223 g/mol. The van der Waals surface area contributed by atoms with E-state index in [0.717, 1.165) is 6.92 Å². The third kappa shape index (κ3) is 3.24. The maximum absolute atomic E-state index is 12.2. The summed E-state index contributed by atoms with van der Waals surface area (Å²) in [5.41, 5.74) is 5.94. The Hall–Kier alpha value is -1.01. The Kier molecular flexibility index (Phi) is 3.98. The molecule has 0 fully saturated rings. The van der Waals surface area contributed by atoms with Gasteiger partial charge in [0.25, 0.3) is 0 Å². The van der Waals surface area contributed by atoms with Crippen molar-refractivity contribution >= 4 is 0 Å². The Labute approximate surface area is 91.4 Å². The lowest BCUT2D eigenvalue weighted by atomic mass is 10.2. The number of hydrogen-bond donors (Lipinski definition) is 1. The van der Waals surface area contributed by atoms with E-state index in [2.05, 4.69) is 0 Å². The van der Waals surface area contributed by atoms with Gasteiger partial charge in [0.2, 0.25) is 0 Å². The van der Waals surface area contributed by atoms with E-state index in [0.29, 0.717) is 17.1 Å². The van der Waals surface area contributed by atoms with Gasteiger partial charge in [-0.3, -0.25) is 0 Å². The van der Waals surface area contributed by atoms with Crippen LogP contribution in [0.2, 0.25) is 0 Å². The van der Waals surface area contributed by atoms with Gasteiger partial charge in [-0.05, 0) is 19.9 Å². The molecule has 0 saturated heterocycles. The second-order valence-electron chi connectivity index (χ2n) is 3.49. The highest BCUT2D eigenvalue weighted by Crippen LogP contribution is 2.24. The fourth-order valence-corrected chi connectivity index (χ4v) is 1.14. The van der Waals surface area contributed by atoms with E-state index in [1.165, 1.54) is 0 Å². The number of ether oxygens (including phenoxy) is 1. The molecule has 1 aromatic heterocycles. The van der Waals surface area contributed by atoms with Crippen LogP contribution in [0.4, 0.5) is 13.2 Å². The molecule has 92 valence electrons. The van der Waals surface area contributed by atoms with Gasteiger partial charge in [-0.25, -0.2) is 0 Å². The zero-order valence-electron chi connectivity index (χ0n) is 9.10. The molecule has 2 N–H and O–H groups in total. The average Bonchev–Trinajstić information content (AvgIpc) is 2.54. The molecule has 6 heteroatoms. The van der Waals surface area contributed by atoms with Gasteiger partial charge in [-0.1, -0.05) is 0 Å². The predicted molar refractivity (Wildman–Crippen MR) is 51.6 cm³/mol. The van der Waals surface area contributed by atoms with Gasteiger partial charge in [0.1, 0.15) is 11.5 Å². The van der Waals surface area contributed by atoms with Crippen LogP contribution in [-0.2, 0) is 17.9 Å². The minimum absolute atomic E-state index is 0.129. The van der Waals surface area contributed by atoms with E-state index in [-0.39, 0.29) is 13.2 Å². The molecule has 1 aromatic rings. The summed E-state index contributed by atoms with van der Waals surface area (Å²) in [4.78, 5) is 0. The molecule has 0 aromatic carbocycles. The van der Waals surface area contributed by atoms with E-state index in [1.807, 2.05) is 0 Å². The van der Waals surface area contributed by atoms with Crippen LogP contribution in [0.5, 0.6) is 0 Å². The molecule has 16 heavy (non-hydrogen) atoms. The Morgan fingerprint density at radius 3 is 2.56 bits per heavy atom. The number of alkyl halides is 3. The van der Waals surface area contributed by atoms with Crippen molar-refractivity contribution in [2.75, 3.05) is 0 Å². The van der Waals surface area contributed by atoms with E-state index in [9.17, 15) is 13.2 Å². The third-order valence-electron chi connectivity index (χ3n) is 2.22. The summed E-state index contributed by atoms with van der Waals surface area (Å²) in [7, 11) is 0. The second-order valence-corrected chi connectivity index (χ2v) is 3.49. The monoisotopic (exact) mass is 237 g/mol. The van der Waals surface area contributed by atoms with Crippen LogP contribution >= 0.6 is 0 Å². The highest BCUT2D eigenvalue weighted by molar-refractivity contribution is 5.19. The van der Waals surface area contributed by atoms with Crippen LogP contribution in [0.3, 0.4) is 0 Å². The van der Waals surface area contributed by atoms with Crippen LogP contribution < -0.4 is 5.73 Å². The molecule has 0 aliphatic heterocycles.